The third-order valence-electron chi connectivity index (χ3n) is 3.48. The second-order valence-corrected chi connectivity index (χ2v) is 5.45. The third-order valence-corrected chi connectivity index (χ3v) is 3.48. The standard InChI is InChI=1S/C18H22N4O4/c23-13-19-8-1-3-10-21-17(25)15-6-5-7-16(12-15)18(26)22-11-4-2-9-20-14-24/h5-7,12H,1-4,8-11H2,(H,21,25)(H,22,26). The van der Waals surface area contributed by atoms with E-state index in [1.165, 1.54) is 18.2 Å². The molecular weight excluding hydrogens is 336 g/mol. The van der Waals surface area contributed by atoms with Crippen LogP contribution < -0.4 is 10.6 Å². The highest BCUT2D eigenvalue weighted by Gasteiger charge is 2.09. The Hall–Kier alpha value is -3.08. The van der Waals surface area contributed by atoms with Gasteiger partial charge in [0.05, 0.1) is 13.1 Å². The summed E-state index contributed by atoms with van der Waals surface area (Å²) in [4.78, 5) is 50.9. The van der Waals surface area contributed by atoms with E-state index in [2.05, 4.69) is 20.6 Å². The van der Waals surface area contributed by atoms with Crippen molar-refractivity contribution in [1.29, 1.82) is 0 Å². The van der Waals surface area contributed by atoms with Gasteiger partial charge in [-0.15, -0.1) is 0 Å². The van der Waals surface area contributed by atoms with E-state index in [1.807, 2.05) is 0 Å². The zero-order valence-corrected chi connectivity index (χ0v) is 14.5. The summed E-state index contributed by atoms with van der Waals surface area (Å²) >= 11 is 0. The lowest BCUT2D eigenvalue weighted by Crippen LogP contribution is -2.27. The maximum atomic E-state index is 12.1. The van der Waals surface area contributed by atoms with Crippen molar-refractivity contribution >= 4 is 24.0 Å². The maximum Gasteiger partial charge on any atom is 0.251 e. The molecule has 0 bridgehead atoms. The van der Waals surface area contributed by atoms with E-state index in [-0.39, 0.29) is 11.8 Å². The van der Waals surface area contributed by atoms with E-state index in [1.54, 1.807) is 18.2 Å². The minimum Gasteiger partial charge on any atom is -0.352 e. The van der Waals surface area contributed by atoms with Crippen molar-refractivity contribution in [3.8, 4) is 0 Å². The summed E-state index contributed by atoms with van der Waals surface area (Å²) in [6, 6.07) is 6.47. The molecule has 8 nitrogen and oxygen atoms in total. The molecule has 138 valence electrons. The highest BCUT2D eigenvalue weighted by atomic mass is 16.2. The second-order valence-electron chi connectivity index (χ2n) is 5.45. The Bertz CT molecular complexity index is 637. The van der Waals surface area contributed by atoms with Crippen LogP contribution in [0.3, 0.4) is 0 Å². The minimum absolute atomic E-state index is 0.259. The van der Waals surface area contributed by atoms with Crippen LogP contribution in [0.15, 0.2) is 34.3 Å². The Morgan fingerprint density at radius 2 is 1.27 bits per heavy atom. The van der Waals surface area contributed by atoms with Gasteiger partial charge in [0, 0.05) is 24.2 Å². The molecule has 1 aromatic rings. The van der Waals surface area contributed by atoms with E-state index in [0.717, 1.165) is 0 Å². The number of amides is 2. The first-order chi connectivity index (χ1) is 12.7. The molecule has 0 aliphatic carbocycles. The molecule has 0 saturated carbocycles. The van der Waals surface area contributed by atoms with Gasteiger partial charge < -0.3 is 10.6 Å². The van der Waals surface area contributed by atoms with Crippen molar-refractivity contribution in [2.24, 2.45) is 9.98 Å². The van der Waals surface area contributed by atoms with Crippen LogP contribution in [0.5, 0.6) is 0 Å². The fraction of sp³-hybridized carbons (Fsp3) is 0.444. The molecule has 0 unspecified atom stereocenters. The molecule has 0 spiro atoms. The first-order valence-electron chi connectivity index (χ1n) is 8.42. The molecule has 8 heteroatoms. The average molecular weight is 358 g/mol. The monoisotopic (exact) mass is 358 g/mol. The van der Waals surface area contributed by atoms with Gasteiger partial charge in [0.25, 0.3) is 11.8 Å². The summed E-state index contributed by atoms with van der Waals surface area (Å²) in [7, 11) is 0. The molecule has 0 saturated heterocycles. The summed E-state index contributed by atoms with van der Waals surface area (Å²) in [6.07, 6.45) is 5.71. The average Bonchev–Trinajstić information content (AvgIpc) is 2.67. The molecule has 0 heterocycles. The van der Waals surface area contributed by atoms with Crippen LogP contribution in [0.1, 0.15) is 46.4 Å². The molecule has 2 amide bonds. The molecule has 26 heavy (non-hydrogen) atoms. The van der Waals surface area contributed by atoms with Crippen molar-refractivity contribution in [2.45, 2.75) is 25.7 Å². The van der Waals surface area contributed by atoms with E-state index >= 15 is 0 Å². The minimum atomic E-state index is -0.259. The van der Waals surface area contributed by atoms with Gasteiger partial charge in [0.15, 0.2) is 0 Å². The first kappa shape index (κ1) is 21.0. The number of rotatable bonds is 12. The van der Waals surface area contributed by atoms with Crippen LogP contribution in [-0.2, 0) is 9.59 Å². The molecule has 0 atom stereocenters. The Balaban J connectivity index is 2.40. The van der Waals surface area contributed by atoms with E-state index < -0.39 is 0 Å². The summed E-state index contributed by atoms with van der Waals surface area (Å²) in [6.45, 7) is 1.73. The van der Waals surface area contributed by atoms with Crippen LogP contribution in [-0.4, -0.2) is 50.2 Å². The van der Waals surface area contributed by atoms with Gasteiger partial charge >= 0.3 is 0 Å². The predicted molar refractivity (Wildman–Crippen MR) is 95.6 cm³/mol. The van der Waals surface area contributed by atoms with Crippen LogP contribution >= 0.6 is 0 Å². The van der Waals surface area contributed by atoms with Crippen LogP contribution in [0.4, 0.5) is 0 Å². The SMILES string of the molecule is O=C=NCCCCNC(=O)c1cccc(C(=O)NCCCCN=C=O)c1. The van der Waals surface area contributed by atoms with E-state index in [9.17, 15) is 19.2 Å². The zero-order chi connectivity index (χ0) is 19.0. The normalized spacial score (nSPS) is 9.54. The van der Waals surface area contributed by atoms with Crippen LogP contribution in [0, 0.1) is 0 Å². The van der Waals surface area contributed by atoms with Crippen molar-refractivity contribution in [3.63, 3.8) is 0 Å². The van der Waals surface area contributed by atoms with Gasteiger partial charge in [-0.2, -0.15) is 0 Å². The number of carbonyl (C=O) groups excluding carboxylic acids is 4. The van der Waals surface area contributed by atoms with Gasteiger partial charge in [0.1, 0.15) is 0 Å². The molecule has 0 radical (unpaired) electrons. The Morgan fingerprint density at radius 3 is 1.69 bits per heavy atom. The van der Waals surface area contributed by atoms with Gasteiger partial charge in [-0.05, 0) is 43.9 Å². The van der Waals surface area contributed by atoms with Crippen molar-refractivity contribution in [2.75, 3.05) is 26.2 Å². The number of carbonyl (C=O) groups is 2. The summed E-state index contributed by atoms with van der Waals surface area (Å²) < 4.78 is 0. The smallest absolute Gasteiger partial charge is 0.251 e. The van der Waals surface area contributed by atoms with Crippen LogP contribution in [0.2, 0.25) is 0 Å². The number of benzene rings is 1. The summed E-state index contributed by atoms with van der Waals surface area (Å²) in [5.74, 6) is -0.518. The molecule has 0 fully saturated rings. The molecule has 1 rings (SSSR count). The largest absolute Gasteiger partial charge is 0.352 e. The molecular formula is C18H22N4O4. The highest BCUT2D eigenvalue weighted by molar-refractivity contribution is 5.99. The summed E-state index contributed by atoms with van der Waals surface area (Å²) in [5, 5.41) is 5.52. The number of hydrogen-bond donors (Lipinski definition) is 2. The first-order valence-corrected chi connectivity index (χ1v) is 8.42. The number of unbranched alkanes of at least 4 members (excludes halogenated alkanes) is 2. The fourth-order valence-corrected chi connectivity index (χ4v) is 2.13. The molecule has 0 aliphatic rings. The number of nitrogens with zero attached hydrogens (tertiary/aromatic N) is 2. The predicted octanol–water partition coefficient (Wildman–Crippen LogP) is 1.38. The lowest BCUT2D eigenvalue weighted by atomic mass is 10.1. The lowest BCUT2D eigenvalue weighted by Gasteiger charge is -2.08. The number of nitrogens with one attached hydrogen (secondary N) is 2. The number of isocyanates is 2. The molecule has 1 aromatic carbocycles. The number of hydrogen-bond acceptors (Lipinski definition) is 6. The second kappa shape index (κ2) is 13.2. The van der Waals surface area contributed by atoms with E-state index in [0.29, 0.717) is 63.0 Å². The van der Waals surface area contributed by atoms with Gasteiger partial charge in [-0.1, -0.05) is 6.07 Å². The maximum absolute atomic E-state index is 12.1. The highest BCUT2D eigenvalue weighted by Crippen LogP contribution is 2.06. The zero-order valence-electron chi connectivity index (χ0n) is 14.5. The summed E-state index contributed by atoms with van der Waals surface area (Å²) in [5.41, 5.74) is 0.813. The topological polar surface area (TPSA) is 117 Å². The third kappa shape index (κ3) is 8.68. The van der Waals surface area contributed by atoms with Crippen molar-refractivity contribution in [1.82, 2.24) is 10.6 Å². The molecule has 0 aromatic heterocycles. The fourth-order valence-electron chi connectivity index (χ4n) is 2.13. The van der Waals surface area contributed by atoms with Gasteiger partial charge in [-0.25, -0.2) is 19.6 Å². The van der Waals surface area contributed by atoms with Gasteiger partial charge in [-0.3, -0.25) is 9.59 Å². The van der Waals surface area contributed by atoms with E-state index in [4.69, 9.17) is 0 Å². The van der Waals surface area contributed by atoms with Crippen molar-refractivity contribution in [3.05, 3.63) is 35.4 Å². The Morgan fingerprint density at radius 1 is 0.808 bits per heavy atom. The molecule has 2 N–H and O–H groups in total. The lowest BCUT2D eigenvalue weighted by molar-refractivity contribution is 0.0952. The quantitative estimate of drug-likeness (QED) is 0.333. The van der Waals surface area contributed by atoms with Crippen molar-refractivity contribution < 1.29 is 19.2 Å². The Labute approximate surface area is 151 Å². The Kier molecular flexibility index (Phi) is 10.7. The van der Waals surface area contributed by atoms with Gasteiger partial charge in [0.2, 0.25) is 12.2 Å². The number of aliphatic imine (C=N–C) groups is 2. The molecule has 0 aliphatic heterocycles. The van der Waals surface area contributed by atoms with Crippen LogP contribution in [0.25, 0.3) is 0 Å².